The molecule has 2 N–H and O–H groups in total. The highest BCUT2D eigenvalue weighted by Crippen LogP contribution is 2.06. The van der Waals surface area contributed by atoms with Crippen LogP contribution in [0.15, 0.2) is 10.9 Å². The highest BCUT2D eigenvalue weighted by molar-refractivity contribution is 5.93. The number of pyridine rings is 1. The molecular weight excluding hydrogens is 244 g/mol. The topological polar surface area (TPSA) is 71.2 Å². The lowest BCUT2D eigenvalue weighted by molar-refractivity contribution is 0.0947. The Hall–Kier alpha value is -1.62. The molecule has 0 aromatic carbocycles. The Bertz CT molecular complexity index is 480. The van der Waals surface area contributed by atoms with Crippen molar-refractivity contribution in [2.24, 2.45) is 0 Å². The van der Waals surface area contributed by atoms with Crippen molar-refractivity contribution in [2.75, 3.05) is 20.3 Å². The van der Waals surface area contributed by atoms with Crippen LogP contribution in [0.2, 0.25) is 0 Å². The smallest absolute Gasteiger partial charge is 0.261 e. The van der Waals surface area contributed by atoms with Crippen molar-refractivity contribution < 1.29 is 9.53 Å². The summed E-state index contributed by atoms with van der Waals surface area (Å²) in [6.45, 7) is 5.05. The van der Waals surface area contributed by atoms with Gasteiger partial charge in [-0.15, -0.1) is 0 Å². The van der Waals surface area contributed by atoms with Gasteiger partial charge >= 0.3 is 0 Å². The lowest BCUT2D eigenvalue weighted by Gasteiger charge is -2.08. The van der Waals surface area contributed by atoms with Gasteiger partial charge in [-0.2, -0.15) is 0 Å². The van der Waals surface area contributed by atoms with Crippen molar-refractivity contribution in [3.63, 3.8) is 0 Å². The minimum Gasteiger partial charge on any atom is -0.385 e. The number of hydrogen-bond donors (Lipinski definition) is 2. The van der Waals surface area contributed by atoms with Gasteiger partial charge in [0.1, 0.15) is 5.56 Å². The van der Waals surface area contributed by atoms with E-state index in [0.717, 1.165) is 30.5 Å². The summed E-state index contributed by atoms with van der Waals surface area (Å²) in [5, 5.41) is 2.71. The molecular formula is C14H22N2O3. The van der Waals surface area contributed by atoms with Crippen LogP contribution in [-0.4, -0.2) is 31.2 Å². The van der Waals surface area contributed by atoms with Crippen LogP contribution in [0.3, 0.4) is 0 Å². The normalized spacial score (nSPS) is 10.5. The minimum absolute atomic E-state index is 0.176. The number of aryl methyl sites for hydroxylation is 2. The summed E-state index contributed by atoms with van der Waals surface area (Å²) in [5.41, 5.74) is 1.71. The van der Waals surface area contributed by atoms with Crippen molar-refractivity contribution in [2.45, 2.75) is 33.1 Å². The Morgan fingerprint density at radius 1 is 1.47 bits per heavy atom. The molecule has 0 bridgehead atoms. The van der Waals surface area contributed by atoms with Gasteiger partial charge in [-0.25, -0.2) is 0 Å². The lowest BCUT2D eigenvalue weighted by Crippen LogP contribution is -2.31. The van der Waals surface area contributed by atoms with Crippen molar-refractivity contribution in [3.8, 4) is 0 Å². The van der Waals surface area contributed by atoms with Gasteiger partial charge < -0.3 is 15.0 Å². The maximum atomic E-state index is 11.9. The predicted octanol–water partition coefficient (Wildman–Crippen LogP) is 1.40. The molecule has 1 amide bonds. The number of aromatic amines is 1. The van der Waals surface area contributed by atoms with Crippen LogP contribution < -0.4 is 10.9 Å². The summed E-state index contributed by atoms with van der Waals surface area (Å²) in [6.07, 6.45) is 2.50. The Labute approximate surface area is 113 Å². The molecule has 0 atom stereocenters. The van der Waals surface area contributed by atoms with Gasteiger partial charge in [0.25, 0.3) is 11.5 Å². The second-order valence-electron chi connectivity index (χ2n) is 4.53. The number of amides is 1. The van der Waals surface area contributed by atoms with E-state index in [4.69, 9.17) is 4.74 Å². The highest BCUT2D eigenvalue weighted by Gasteiger charge is 2.12. The first kappa shape index (κ1) is 15.4. The molecule has 0 spiro atoms. The van der Waals surface area contributed by atoms with Crippen LogP contribution in [0.25, 0.3) is 0 Å². The molecule has 1 aromatic rings. The maximum absolute atomic E-state index is 11.9. The monoisotopic (exact) mass is 266 g/mol. The molecule has 0 aliphatic carbocycles. The van der Waals surface area contributed by atoms with Crippen molar-refractivity contribution in [1.29, 1.82) is 0 Å². The van der Waals surface area contributed by atoms with Gasteiger partial charge in [0, 0.05) is 26.0 Å². The number of nitrogens with one attached hydrogen (secondary N) is 2. The summed E-state index contributed by atoms with van der Waals surface area (Å²) in [4.78, 5) is 26.5. The number of H-pyrrole nitrogens is 1. The van der Waals surface area contributed by atoms with E-state index in [2.05, 4.69) is 10.3 Å². The summed E-state index contributed by atoms with van der Waals surface area (Å²) < 4.78 is 4.90. The molecule has 19 heavy (non-hydrogen) atoms. The first-order chi connectivity index (χ1) is 9.10. The summed E-state index contributed by atoms with van der Waals surface area (Å²) >= 11 is 0. The molecule has 0 unspecified atom stereocenters. The van der Waals surface area contributed by atoms with E-state index in [1.165, 1.54) is 0 Å². The minimum atomic E-state index is -0.330. The zero-order chi connectivity index (χ0) is 14.3. The molecule has 0 fully saturated rings. The second-order valence-corrected chi connectivity index (χ2v) is 4.53. The van der Waals surface area contributed by atoms with Gasteiger partial charge in [-0.3, -0.25) is 9.59 Å². The van der Waals surface area contributed by atoms with Gasteiger partial charge in [-0.1, -0.05) is 13.3 Å². The van der Waals surface area contributed by atoms with Crippen LogP contribution in [0.1, 0.15) is 41.4 Å². The number of carbonyl (C=O) groups is 1. The highest BCUT2D eigenvalue weighted by atomic mass is 16.5. The quantitative estimate of drug-likeness (QED) is 0.733. The standard InChI is InChI=1S/C14H22N2O3/c1-4-6-12-10(2)9-11(14(18)16-12)13(17)15-7-5-8-19-3/h9H,4-8H2,1-3H3,(H,15,17)(H,16,18). The molecule has 5 heteroatoms. The molecule has 0 aliphatic heterocycles. The largest absolute Gasteiger partial charge is 0.385 e. The molecule has 0 saturated heterocycles. The van der Waals surface area contributed by atoms with E-state index in [0.29, 0.717) is 13.2 Å². The number of aromatic nitrogens is 1. The van der Waals surface area contributed by atoms with Crippen molar-refractivity contribution >= 4 is 5.91 Å². The summed E-state index contributed by atoms with van der Waals surface area (Å²) in [5.74, 6) is -0.330. The Morgan fingerprint density at radius 3 is 2.84 bits per heavy atom. The maximum Gasteiger partial charge on any atom is 0.261 e. The van der Waals surface area contributed by atoms with Crippen LogP contribution in [0, 0.1) is 6.92 Å². The van der Waals surface area contributed by atoms with Gasteiger partial charge in [0.05, 0.1) is 0 Å². The second kappa shape index (κ2) is 7.74. The third-order valence-electron chi connectivity index (χ3n) is 2.90. The van der Waals surface area contributed by atoms with Crippen LogP contribution >= 0.6 is 0 Å². The number of rotatable bonds is 7. The number of methoxy groups -OCH3 is 1. The molecule has 1 aromatic heterocycles. The molecule has 1 heterocycles. The first-order valence-corrected chi connectivity index (χ1v) is 6.60. The van der Waals surface area contributed by atoms with Gasteiger partial charge in [0.15, 0.2) is 0 Å². The first-order valence-electron chi connectivity index (χ1n) is 6.60. The summed E-state index contributed by atoms with van der Waals surface area (Å²) in [7, 11) is 1.61. The van der Waals surface area contributed by atoms with E-state index in [9.17, 15) is 9.59 Å². The lowest BCUT2D eigenvalue weighted by atomic mass is 10.1. The van der Waals surface area contributed by atoms with E-state index >= 15 is 0 Å². The zero-order valence-electron chi connectivity index (χ0n) is 11.8. The van der Waals surface area contributed by atoms with E-state index in [-0.39, 0.29) is 17.0 Å². The Morgan fingerprint density at radius 2 is 2.21 bits per heavy atom. The average Bonchev–Trinajstić information content (AvgIpc) is 2.38. The molecule has 1 rings (SSSR count). The average molecular weight is 266 g/mol. The molecule has 106 valence electrons. The molecule has 0 aliphatic rings. The predicted molar refractivity (Wildman–Crippen MR) is 74.6 cm³/mol. The molecule has 5 nitrogen and oxygen atoms in total. The zero-order valence-corrected chi connectivity index (χ0v) is 11.8. The van der Waals surface area contributed by atoms with Gasteiger partial charge in [0.2, 0.25) is 0 Å². The van der Waals surface area contributed by atoms with Crippen LogP contribution in [0.4, 0.5) is 0 Å². The van der Waals surface area contributed by atoms with E-state index < -0.39 is 0 Å². The fourth-order valence-corrected chi connectivity index (χ4v) is 1.86. The number of hydrogen-bond acceptors (Lipinski definition) is 3. The fraction of sp³-hybridized carbons (Fsp3) is 0.571. The van der Waals surface area contributed by atoms with Crippen LogP contribution in [0.5, 0.6) is 0 Å². The Balaban J connectivity index is 2.75. The number of ether oxygens (including phenoxy) is 1. The van der Waals surface area contributed by atoms with E-state index in [1.807, 2.05) is 13.8 Å². The SMILES string of the molecule is CCCc1[nH]c(=O)c(C(=O)NCCCOC)cc1C. The van der Waals surface area contributed by atoms with Crippen molar-refractivity contribution in [3.05, 3.63) is 33.2 Å². The molecule has 0 saturated carbocycles. The van der Waals surface area contributed by atoms with Gasteiger partial charge in [-0.05, 0) is 31.4 Å². The Kier molecular flexibility index (Phi) is 6.29. The third kappa shape index (κ3) is 4.52. The van der Waals surface area contributed by atoms with Crippen LogP contribution in [-0.2, 0) is 11.2 Å². The van der Waals surface area contributed by atoms with Crippen molar-refractivity contribution in [1.82, 2.24) is 10.3 Å². The number of carbonyl (C=O) groups excluding carboxylic acids is 1. The molecule has 0 radical (unpaired) electrons. The van der Waals surface area contributed by atoms with E-state index in [1.54, 1.807) is 13.2 Å². The summed E-state index contributed by atoms with van der Waals surface area (Å²) in [6, 6.07) is 1.66. The fourth-order valence-electron chi connectivity index (χ4n) is 1.86. The third-order valence-corrected chi connectivity index (χ3v) is 2.90.